The van der Waals surface area contributed by atoms with Gasteiger partial charge in [-0.15, -0.1) is 5.10 Å². The Morgan fingerprint density at radius 2 is 1.70 bits per heavy atom. The number of aliphatic hydroxyl groups excluding tert-OH is 2. The van der Waals surface area contributed by atoms with Gasteiger partial charge in [0.05, 0.1) is 24.7 Å². The molecule has 0 spiro atoms. The fourth-order valence-electron chi connectivity index (χ4n) is 5.11. The number of hydrogen-bond acceptors (Lipinski definition) is 15. The molecule has 0 aliphatic carbocycles. The zero-order chi connectivity index (χ0) is 36.0. The number of amides is 1. The van der Waals surface area contributed by atoms with Crippen molar-refractivity contribution < 1.29 is 37.5 Å². The highest BCUT2D eigenvalue weighted by Gasteiger charge is 2.45. The van der Waals surface area contributed by atoms with E-state index in [0.29, 0.717) is 5.69 Å². The minimum Gasteiger partial charge on any atom is -0.507 e. The normalized spacial score (nSPS) is 19.0. The molecule has 0 saturated carbocycles. The molecule has 0 unspecified atom stereocenters. The van der Waals surface area contributed by atoms with E-state index in [4.69, 9.17) is 14.7 Å². The first-order valence-electron chi connectivity index (χ1n) is 15.7. The number of para-hydroxylation sites is 1. The Bertz CT molecular complexity index is 2010. The lowest BCUT2D eigenvalue weighted by molar-refractivity contribution is -0.0468. The Labute approximate surface area is 287 Å². The third-order valence-corrected chi connectivity index (χ3v) is 8.79. The number of anilines is 1. The number of aromatic hydroxyl groups is 1. The second kappa shape index (κ2) is 15.7. The Morgan fingerprint density at radius 3 is 2.36 bits per heavy atom. The highest BCUT2D eigenvalue weighted by molar-refractivity contribution is 7.85. The molecule has 6 rings (SSSR count). The smallest absolute Gasteiger partial charge is 0.362 e. The number of nitrogens with one attached hydrogen (secondary N) is 1. The molecule has 5 aromatic rings. The van der Waals surface area contributed by atoms with Gasteiger partial charge in [0.15, 0.2) is 17.7 Å². The van der Waals surface area contributed by atoms with Crippen LogP contribution in [0.15, 0.2) is 67.1 Å². The summed E-state index contributed by atoms with van der Waals surface area (Å²) in [5.74, 6) is -1.53. The van der Waals surface area contributed by atoms with Crippen LogP contribution in [0.5, 0.6) is 5.75 Å². The number of phenols is 1. The van der Waals surface area contributed by atoms with E-state index in [9.17, 15) is 28.5 Å². The molecule has 0 radical (unpaired) electrons. The molecular formula is C31H38N10O8S. The number of fused-ring (bicyclic) bond motifs is 1. The van der Waals surface area contributed by atoms with Crippen LogP contribution >= 0.6 is 0 Å². The van der Waals surface area contributed by atoms with Crippen molar-refractivity contribution in [3.8, 4) is 23.0 Å². The largest absolute Gasteiger partial charge is 0.507 e. The number of carbonyl (C=O) groups excluding carboxylic acids is 1. The van der Waals surface area contributed by atoms with Crippen LogP contribution in [0.3, 0.4) is 0 Å². The number of benzene rings is 2. The molecule has 1 aliphatic rings. The average Bonchev–Trinajstić information content (AvgIpc) is 3.84. The van der Waals surface area contributed by atoms with Crippen molar-refractivity contribution >= 4 is 33.2 Å². The van der Waals surface area contributed by atoms with Gasteiger partial charge >= 0.3 is 10.3 Å². The first-order valence-corrected chi connectivity index (χ1v) is 17.1. The summed E-state index contributed by atoms with van der Waals surface area (Å²) in [5, 5.41) is 39.4. The fraction of sp³-hybridized carbons (Fsp3) is 0.355. The number of ether oxygens (including phenoxy) is 1. The van der Waals surface area contributed by atoms with Crippen molar-refractivity contribution in [1.82, 2.24) is 44.1 Å². The van der Waals surface area contributed by atoms with Gasteiger partial charge in [-0.3, -0.25) is 13.5 Å². The van der Waals surface area contributed by atoms with E-state index in [0.717, 1.165) is 5.56 Å². The maximum absolute atomic E-state index is 12.4. The summed E-state index contributed by atoms with van der Waals surface area (Å²) >= 11 is 0. The van der Waals surface area contributed by atoms with E-state index in [2.05, 4.69) is 50.9 Å². The molecule has 50 heavy (non-hydrogen) atoms. The second-order valence-electron chi connectivity index (χ2n) is 11.0. The van der Waals surface area contributed by atoms with E-state index < -0.39 is 53.1 Å². The molecule has 0 bridgehead atoms. The molecular weight excluding hydrogens is 672 g/mol. The number of hydrogen-bond donors (Lipinski definition) is 5. The standard InChI is InChI=1S/C25H23N9O8S.C6H15N/c26-21-18-22(29-25(28-21)34-10-15(30-32-34)13-6-2-1-3-7-13)33(12-27-18)24-20(37)19(36)17(42-24)11-41-43(39,40)31-23(38)14-8-4-5-9-16(14)35;1-4-7(5-2)6-3/h1-10,12,17,19-20,24,35-37H,11H2,(H,31,38)(H2,26,28,29);4-6H2,1-3H3/t17-,19-,20-,24-;/m1./s1. The molecule has 266 valence electrons. The number of nitrogens with two attached hydrogens (primary N) is 1. The van der Waals surface area contributed by atoms with Crippen molar-refractivity contribution in [2.24, 2.45) is 0 Å². The molecule has 1 saturated heterocycles. The van der Waals surface area contributed by atoms with Gasteiger partial charge in [-0.2, -0.15) is 23.1 Å². The minimum absolute atomic E-state index is 0.00489. The molecule has 4 atom stereocenters. The number of aromatic nitrogens is 7. The number of nitrogens with zero attached hydrogens (tertiary/aromatic N) is 8. The van der Waals surface area contributed by atoms with E-state index >= 15 is 0 Å². The third-order valence-electron chi connectivity index (χ3n) is 7.91. The summed E-state index contributed by atoms with van der Waals surface area (Å²) in [5.41, 5.74) is 7.50. The maximum atomic E-state index is 12.4. The summed E-state index contributed by atoms with van der Waals surface area (Å²) < 4.78 is 39.6. The zero-order valence-corrected chi connectivity index (χ0v) is 28.3. The van der Waals surface area contributed by atoms with E-state index in [-0.39, 0.29) is 28.5 Å². The zero-order valence-electron chi connectivity index (χ0n) is 27.4. The van der Waals surface area contributed by atoms with Crippen molar-refractivity contribution in [3.63, 3.8) is 0 Å². The van der Waals surface area contributed by atoms with Crippen molar-refractivity contribution in [2.45, 2.75) is 45.3 Å². The van der Waals surface area contributed by atoms with Crippen LogP contribution < -0.4 is 10.5 Å². The Balaban J connectivity index is 0.000000630. The van der Waals surface area contributed by atoms with Crippen LogP contribution in [0.4, 0.5) is 5.82 Å². The highest BCUT2D eigenvalue weighted by Crippen LogP contribution is 2.33. The lowest BCUT2D eigenvalue weighted by Crippen LogP contribution is -2.37. The van der Waals surface area contributed by atoms with Gasteiger partial charge < -0.3 is 30.7 Å². The lowest BCUT2D eigenvalue weighted by Gasteiger charge is -2.16. The number of phenolic OH excluding ortho intramolecular Hbond substituents is 1. The Kier molecular flexibility index (Phi) is 11.3. The number of rotatable bonds is 11. The molecule has 2 aromatic carbocycles. The molecule has 1 amide bonds. The van der Waals surface area contributed by atoms with Crippen LogP contribution in [0.1, 0.15) is 37.4 Å². The van der Waals surface area contributed by atoms with Gasteiger partial charge in [0.25, 0.3) is 11.9 Å². The summed E-state index contributed by atoms with van der Waals surface area (Å²) in [6, 6.07) is 14.6. The number of carbonyl (C=O) groups is 1. The van der Waals surface area contributed by atoms with Gasteiger partial charge in [-0.1, -0.05) is 68.4 Å². The minimum atomic E-state index is -4.70. The quantitative estimate of drug-likeness (QED) is 0.128. The summed E-state index contributed by atoms with van der Waals surface area (Å²) in [6.07, 6.45) is -2.94. The van der Waals surface area contributed by atoms with Gasteiger partial charge in [-0.05, 0) is 31.8 Å². The van der Waals surface area contributed by atoms with Gasteiger partial charge in [0.1, 0.15) is 35.3 Å². The monoisotopic (exact) mass is 710 g/mol. The second-order valence-corrected chi connectivity index (χ2v) is 12.3. The first-order chi connectivity index (χ1) is 24.0. The van der Waals surface area contributed by atoms with Crippen LogP contribution in [-0.4, -0.2) is 114 Å². The third kappa shape index (κ3) is 8.04. The van der Waals surface area contributed by atoms with Gasteiger partial charge in [0.2, 0.25) is 0 Å². The van der Waals surface area contributed by atoms with E-state index in [1.165, 1.54) is 59.5 Å². The SMILES string of the molecule is CCN(CC)CC.Nc1nc(-n2cc(-c3ccccc3)nn2)nc2c1ncn2[C@@H]1O[C@H](COS(=O)(=O)NC(=O)c2ccccc2O)[C@@H](O)[C@H]1O. The first kappa shape index (κ1) is 36.2. The van der Waals surface area contributed by atoms with Crippen molar-refractivity contribution in [3.05, 3.63) is 72.7 Å². The molecule has 6 N–H and O–H groups in total. The summed E-state index contributed by atoms with van der Waals surface area (Å²) in [4.78, 5) is 27.5. The van der Waals surface area contributed by atoms with Crippen LogP contribution in [0.2, 0.25) is 0 Å². The fourth-order valence-corrected chi connectivity index (χ4v) is 5.81. The molecule has 1 fully saturated rings. The van der Waals surface area contributed by atoms with Crippen molar-refractivity contribution in [1.29, 1.82) is 0 Å². The molecule has 18 nitrogen and oxygen atoms in total. The highest BCUT2D eigenvalue weighted by atomic mass is 32.2. The topological polar surface area (TPSA) is 246 Å². The molecule has 3 aromatic heterocycles. The Hall–Kier alpha value is -5.05. The maximum Gasteiger partial charge on any atom is 0.362 e. The van der Waals surface area contributed by atoms with Crippen molar-refractivity contribution in [2.75, 3.05) is 32.0 Å². The van der Waals surface area contributed by atoms with Crippen LogP contribution in [-0.2, 0) is 19.2 Å². The average molecular weight is 711 g/mol. The number of aliphatic hydroxyl groups is 2. The van der Waals surface area contributed by atoms with Crippen LogP contribution in [0.25, 0.3) is 28.4 Å². The van der Waals surface area contributed by atoms with E-state index in [1.54, 1.807) is 10.9 Å². The van der Waals surface area contributed by atoms with Gasteiger partial charge in [-0.25, -0.2) is 9.71 Å². The molecule has 19 heteroatoms. The number of nitrogen functional groups attached to an aromatic ring is 1. The lowest BCUT2D eigenvalue weighted by atomic mass is 10.1. The van der Waals surface area contributed by atoms with Crippen LogP contribution in [0, 0.1) is 0 Å². The van der Waals surface area contributed by atoms with Gasteiger partial charge in [0, 0.05) is 5.56 Å². The summed E-state index contributed by atoms with van der Waals surface area (Å²) in [6.45, 7) is 9.36. The Morgan fingerprint density at radius 1 is 1.02 bits per heavy atom. The number of imidazole rings is 1. The van der Waals surface area contributed by atoms with E-state index in [1.807, 2.05) is 30.3 Å². The molecule has 1 aliphatic heterocycles. The predicted molar refractivity (Wildman–Crippen MR) is 180 cm³/mol. The predicted octanol–water partition coefficient (Wildman–Crippen LogP) is 1.02. The summed E-state index contributed by atoms with van der Waals surface area (Å²) in [7, 11) is -4.70. The molecule has 4 heterocycles.